The van der Waals surface area contributed by atoms with Crippen molar-refractivity contribution in [3.05, 3.63) is 29.3 Å². The molecule has 0 aromatic heterocycles. The molecule has 1 aliphatic rings. The lowest BCUT2D eigenvalue weighted by atomic mass is 9.95. The Morgan fingerprint density at radius 2 is 1.93 bits per heavy atom. The van der Waals surface area contributed by atoms with E-state index in [-0.39, 0.29) is 22.9 Å². The minimum atomic E-state index is -3.65. The number of nitrogens with one attached hydrogen (secondary N) is 2. The maximum Gasteiger partial charge on any atom is 0.251 e. The molecule has 0 atom stereocenters. The molecule has 6 nitrogen and oxygen atoms in total. The molecule has 1 aliphatic carbocycles. The van der Waals surface area contributed by atoms with Crippen molar-refractivity contribution in [3.8, 4) is 0 Å². The van der Waals surface area contributed by atoms with Crippen LogP contribution in [-0.4, -0.2) is 39.6 Å². The van der Waals surface area contributed by atoms with Crippen molar-refractivity contribution in [1.29, 1.82) is 0 Å². The van der Waals surface area contributed by atoms with Crippen molar-refractivity contribution in [2.75, 3.05) is 13.2 Å². The Hall–Kier alpha value is -1.44. The first kappa shape index (κ1) is 21.9. The van der Waals surface area contributed by atoms with Gasteiger partial charge in [-0.1, -0.05) is 25.3 Å². The third kappa shape index (κ3) is 6.90. The van der Waals surface area contributed by atoms with Crippen molar-refractivity contribution in [1.82, 2.24) is 10.0 Å². The summed E-state index contributed by atoms with van der Waals surface area (Å²) in [5.74, 6) is -0.193. The third-order valence-corrected chi connectivity index (χ3v) is 6.23. The van der Waals surface area contributed by atoms with Crippen LogP contribution in [0.4, 0.5) is 0 Å². The zero-order valence-corrected chi connectivity index (χ0v) is 17.4. The quantitative estimate of drug-likeness (QED) is 0.628. The number of aryl methyl sites for hydroxylation is 1. The van der Waals surface area contributed by atoms with Crippen LogP contribution < -0.4 is 10.0 Å². The highest BCUT2D eigenvalue weighted by atomic mass is 32.2. The molecule has 1 aromatic carbocycles. The molecule has 0 heterocycles. The number of ether oxygens (including phenoxy) is 1. The fourth-order valence-electron chi connectivity index (χ4n) is 3.20. The van der Waals surface area contributed by atoms with Crippen LogP contribution in [0.2, 0.25) is 0 Å². The van der Waals surface area contributed by atoms with E-state index in [1.165, 1.54) is 12.5 Å². The highest BCUT2D eigenvalue weighted by Gasteiger charge is 2.20. The van der Waals surface area contributed by atoms with Crippen LogP contribution in [0.25, 0.3) is 0 Å². The van der Waals surface area contributed by atoms with Gasteiger partial charge in [-0.3, -0.25) is 4.79 Å². The van der Waals surface area contributed by atoms with Gasteiger partial charge in [-0.2, -0.15) is 0 Å². The van der Waals surface area contributed by atoms with Crippen molar-refractivity contribution >= 4 is 15.9 Å². The molecule has 1 fully saturated rings. The highest BCUT2D eigenvalue weighted by Crippen LogP contribution is 2.20. The molecule has 2 rings (SSSR count). The smallest absolute Gasteiger partial charge is 0.251 e. The van der Waals surface area contributed by atoms with E-state index in [9.17, 15) is 13.2 Å². The number of sulfonamides is 1. The average Bonchev–Trinajstić information content (AvgIpc) is 2.62. The minimum Gasteiger partial charge on any atom is -0.379 e. The van der Waals surface area contributed by atoms with E-state index in [2.05, 4.69) is 10.0 Å². The summed E-state index contributed by atoms with van der Waals surface area (Å²) in [5, 5.41) is 3.05. The van der Waals surface area contributed by atoms with Crippen LogP contribution in [0.15, 0.2) is 23.1 Å². The van der Waals surface area contributed by atoms with E-state index in [1.807, 2.05) is 20.8 Å². The number of rotatable bonds is 9. The molecular weight excluding hydrogens is 364 g/mol. The summed E-state index contributed by atoms with van der Waals surface area (Å²) in [5.41, 5.74) is 1.19. The minimum absolute atomic E-state index is 0.117. The van der Waals surface area contributed by atoms with Gasteiger partial charge in [0.2, 0.25) is 10.0 Å². The summed E-state index contributed by atoms with van der Waals surface area (Å²) in [6, 6.07) is 4.89. The summed E-state index contributed by atoms with van der Waals surface area (Å²) in [7, 11) is -3.65. The van der Waals surface area contributed by atoms with Gasteiger partial charge in [0, 0.05) is 24.8 Å². The molecule has 0 spiro atoms. The van der Waals surface area contributed by atoms with Gasteiger partial charge in [-0.05, 0) is 57.7 Å². The van der Waals surface area contributed by atoms with E-state index in [0.29, 0.717) is 25.1 Å². The Labute approximate surface area is 163 Å². The maximum atomic E-state index is 12.6. The van der Waals surface area contributed by atoms with Gasteiger partial charge in [-0.15, -0.1) is 0 Å². The summed E-state index contributed by atoms with van der Waals surface area (Å²) in [6.07, 6.45) is 6.17. The second-order valence-electron chi connectivity index (χ2n) is 7.46. The van der Waals surface area contributed by atoms with Crippen molar-refractivity contribution < 1.29 is 17.9 Å². The summed E-state index contributed by atoms with van der Waals surface area (Å²) >= 11 is 0. The van der Waals surface area contributed by atoms with Gasteiger partial charge in [-0.25, -0.2) is 13.1 Å². The van der Waals surface area contributed by atoms with Crippen LogP contribution in [0.1, 0.15) is 68.3 Å². The second kappa shape index (κ2) is 10.2. The summed E-state index contributed by atoms with van der Waals surface area (Å²) in [6.45, 7) is 6.51. The van der Waals surface area contributed by atoms with Crippen LogP contribution >= 0.6 is 0 Å². The first-order valence-electron chi connectivity index (χ1n) is 9.82. The molecule has 0 saturated heterocycles. The average molecular weight is 397 g/mol. The van der Waals surface area contributed by atoms with Crippen molar-refractivity contribution in [3.63, 3.8) is 0 Å². The lowest BCUT2D eigenvalue weighted by Gasteiger charge is -2.23. The Morgan fingerprint density at radius 3 is 2.59 bits per heavy atom. The molecule has 0 bridgehead atoms. The molecular formula is C20H32N2O4S. The standard InChI is InChI=1S/C20H32N2O4S/c1-15(2)26-13-7-12-21-27(24,25)18-11-10-16(3)19(14-18)20(23)22-17-8-5-4-6-9-17/h10-11,14-15,17,21H,4-9,12-13H2,1-3H3,(H,22,23). The Morgan fingerprint density at radius 1 is 1.22 bits per heavy atom. The fraction of sp³-hybridized carbons (Fsp3) is 0.650. The van der Waals surface area contributed by atoms with Crippen molar-refractivity contribution in [2.45, 2.75) is 76.3 Å². The van der Waals surface area contributed by atoms with Crippen LogP contribution in [0.3, 0.4) is 0 Å². The number of amides is 1. The summed E-state index contributed by atoms with van der Waals surface area (Å²) in [4.78, 5) is 12.8. The van der Waals surface area contributed by atoms with E-state index in [0.717, 1.165) is 31.2 Å². The molecule has 0 radical (unpaired) electrons. The molecule has 7 heteroatoms. The molecule has 0 aliphatic heterocycles. The monoisotopic (exact) mass is 396 g/mol. The van der Waals surface area contributed by atoms with Gasteiger partial charge < -0.3 is 10.1 Å². The number of benzene rings is 1. The Bertz CT molecular complexity index is 725. The second-order valence-corrected chi connectivity index (χ2v) is 9.22. The lowest BCUT2D eigenvalue weighted by Crippen LogP contribution is -2.36. The SMILES string of the molecule is Cc1ccc(S(=O)(=O)NCCCOC(C)C)cc1C(=O)NC1CCCCC1. The molecule has 1 aromatic rings. The van der Waals surface area contributed by atoms with E-state index in [1.54, 1.807) is 12.1 Å². The maximum absolute atomic E-state index is 12.6. The van der Waals surface area contributed by atoms with Gasteiger partial charge in [0.25, 0.3) is 5.91 Å². The normalized spacial score (nSPS) is 15.9. The van der Waals surface area contributed by atoms with Crippen LogP contribution in [0, 0.1) is 6.92 Å². The topological polar surface area (TPSA) is 84.5 Å². The molecule has 152 valence electrons. The number of carbonyl (C=O) groups is 1. The number of carbonyl (C=O) groups excluding carboxylic acids is 1. The molecule has 0 unspecified atom stereocenters. The van der Waals surface area contributed by atoms with E-state index < -0.39 is 10.0 Å². The third-order valence-electron chi connectivity index (χ3n) is 4.77. The Balaban J connectivity index is 2.00. The van der Waals surface area contributed by atoms with E-state index >= 15 is 0 Å². The molecule has 2 N–H and O–H groups in total. The van der Waals surface area contributed by atoms with E-state index in [4.69, 9.17) is 4.74 Å². The van der Waals surface area contributed by atoms with Crippen LogP contribution in [0.5, 0.6) is 0 Å². The zero-order chi connectivity index (χ0) is 19.9. The fourth-order valence-corrected chi connectivity index (χ4v) is 4.30. The number of hydrogen-bond acceptors (Lipinski definition) is 4. The van der Waals surface area contributed by atoms with Crippen molar-refractivity contribution in [2.24, 2.45) is 0 Å². The zero-order valence-electron chi connectivity index (χ0n) is 16.6. The summed E-state index contributed by atoms with van der Waals surface area (Å²) < 4.78 is 33.0. The number of hydrogen-bond donors (Lipinski definition) is 2. The van der Waals surface area contributed by atoms with Crippen LogP contribution in [-0.2, 0) is 14.8 Å². The molecule has 1 amide bonds. The predicted octanol–water partition coefficient (Wildman–Crippen LogP) is 3.15. The predicted molar refractivity (Wildman–Crippen MR) is 106 cm³/mol. The lowest BCUT2D eigenvalue weighted by molar-refractivity contribution is 0.0778. The largest absolute Gasteiger partial charge is 0.379 e. The highest BCUT2D eigenvalue weighted by molar-refractivity contribution is 7.89. The molecule has 1 saturated carbocycles. The van der Waals surface area contributed by atoms with Gasteiger partial charge in [0.15, 0.2) is 0 Å². The molecule has 27 heavy (non-hydrogen) atoms. The van der Waals surface area contributed by atoms with Gasteiger partial charge >= 0.3 is 0 Å². The Kier molecular flexibility index (Phi) is 8.26. The van der Waals surface area contributed by atoms with Gasteiger partial charge in [0.05, 0.1) is 11.0 Å². The first-order chi connectivity index (χ1) is 12.8. The van der Waals surface area contributed by atoms with Gasteiger partial charge in [0.1, 0.15) is 0 Å². The first-order valence-corrected chi connectivity index (χ1v) is 11.3.